The van der Waals surface area contributed by atoms with Crippen molar-refractivity contribution in [3.8, 4) is 24.2 Å². The second-order valence-electron chi connectivity index (χ2n) is 23.8. The lowest BCUT2D eigenvalue weighted by Crippen LogP contribution is -2.62. The lowest BCUT2D eigenvalue weighted by atomic mass is 9.92. The van der Waals surface area contributed by atoms with Gasteiger partial charge in [-0.15, -0.1) is 6.42 Å². The summed E-state index contributed by atoms with van der Waals surface area (Å²) in [6, 6.07) is 29.5. The number of terminal acetylenes is 1. The minimum absolute atomic E-state index is 0.105. The molecule has 4 unspecified atom stereocenters. The Balaban J connectivity index is 0.000000250. The molecule has 95 heavy (non-hydrogen) atoms. The highest BCUT2D eigenvalue weighted by atomic mass is 127. The van der Waals surface area contributed by atoms with Crippen molar-refractivity contribution >= 4 is 57.8 Å². The summed E-state index contributed by atoms with van der Waals surface area (Å²) < 4.78 is 58.5. The molecule has 0 radical (unpaired) electrons. The number of benzene rings is 4. The predicted molar refractivity (Wildman–Crippen MR) is 368 cm³/mol. The Morgan fingerprint density at radius 1 is 0.526 bits per heavy atom. The predicted octanol–water partition coefficient (Wildman–Crippen LogP) is 10.4. The molecule has 0 saturated carbocycles. The molecule has 8 rings (SSSR count). The molecule has 0 aromatic heterocycles. The quantitative estimate of drug-likeness (QED) is 0.0233. The number of carbonyl (C=O) groups is 6. The number of likely N-dealkylation sites (N-methyl/N-ethyl adjacent to an activating group) is 4. The largest absolute Gasteiger partial charge is 0.378 e. The molecule has 2 N–H and O–H groups in total. The lowest BCUT2D eigenvalue weighted by molar-refractivity contribution is -0.200. The van der Waals surface area contributed by atoms with E-state index in [2.05, 4.69) is 64.8 Å². The van der Waals surface area contributed by atoms with Crippen LogP contribution in [-0.4, -0.2) is 175 Å². The van der Waals surface area contributed by atoms with Crippen molar-refractivity contribution in [2.75, 3.05) is 94.3 Å². The first-order valence-electron chi connectivity index (χ1n) is 33.2. The number of carbonyl (C=O) groups excluding carboxylic acids is 6. The summed E-state index contributed by atoms with van der Waals surface area (Å²) in [5.74, 6) is 5.83. The third-order valence-electron chi connectivity index (χ3n) is 16.9. The Bertz CT molecular complexity index is 3130. The van der Waals surface area contributed by atoms with E-state index in [0.717, 1.165) is 121 Å². The van der Waals surface area contributed by atoms with Gasteiger partial charge in [-0.05, 0) is 210 Å². The molecule has 0 aliphatic carbocycles. The van der Waals surface area contributed by atoms with Gasteiger partial charge >= 0.3 is 0 Å². The van der Waals surface area contributed by atoms with Crippen LogP contribution >= 0.6 is 22.6 Å². The second-order valence-corrected chi connectivity index (χ2v) is 25.1. The number of ether oxygens (including phenoxy) is 10. The van der Waals surface area contributed by atoms with Gasteiger partial charge in [0, 0.05) is 99.2 Å². The topological polar surface area (TPSA) is 225 Å². The van der Waals surface area contributed by atoms with Crippen LogP contribution in [0.1, 0.15) is 178 Å². The molecule has 0 bridgehead atoms. The highest BCUT2D eigenvalue weighted by Gasteiger charge is 2.48. The molecule has 8 atom stereocenters. The van der Waals surface area contributed by atoms with E-state index in [0.29, 0.717) is 69.2 Å². The molecule has 4 heterocycles. The molecule has 4 saturated heterocycles. The van der Waals surface area contributed by atoms with E-state index in [1.54, 1.807) is 48.5 Å². The number of ketones is 2. The maximum absolute atomic E-state index is 13.5. The fraction of sp³-hybridized carbons (Fsp3) is 0.541. The molecule has 4 amide bonds. The Kier molecular flexibility index (Phi) is 33.4. The van der Waals surface area contributed by atoms with Crippen molar-refractivity contribution in [1.29, 1.82) is 0 Å². The van der Waals surface area contributed by atoms with Crippen molar-refractivity contribution in [3.05, 3.63) is 140 Å². The third-order valence-corrected chi connectivity index (χ3v) is 17.6. The highest BCUT2D eigenvalue weighted by molar-refractivity contribution is 14.1. The van der Waals surface area contributed by atoms with Gasteiger partial charge in [-0.3, -0.25) is 28.8 Å². The number of hydrogen-bond donors (Lipinski definition) is 2. The maximum Gasteiger partial charge on any atom is 0.254 e. The van der Waals surface area contributed by atoms with E-state index in [-0.39, 0.29) is 38.0 Å². The molecule has 20 nitrogen and oxygen atoms in total. The van der Waals surface area contributed by atoms with E-state index < -0.39 is 58.9 Å². The van der Waals surface area contributed by atoms with Gasteiger partial charge in [0.1, 0.15) is 25.4 Å². The first-order valence-corrected chi connectivity index (χ1v) is 34.2. The number of halogens is 1. The molecule has 4 aromatic carbocycles. The van der Waals surface area contributed by atoms with Crippen LogP contribution < -0.4 is 10.6 Å². The van der Waals surface area contributed by atoms with Gasteiger partial charge in [0.25, 0.3) is 23.6 Å². The van der Waals surface area contributed by atoms with E-state index in [1.807, 2.05) is 48.5 Å². The Labute approximate surface area is 575 Å². The molecule has 4 fully saturated rings. The van der Waals surface area contributed by atoms with Gasteiger partial charge in [-0.2, -0.15) is 0 Å². The van der Waals surface area contributed by atoms with Crippen molar-refractivity contribution < 1.29 is 76.1 Å². The highest BCUT2D eigenvalue weighted by Crippen LogP contribution is 2.29. The summed E-state index contributed by atoms with van der Waals surface area (Å²) in [6.07, 6.45) is 17.2. The van der Waals surface area contributed by atoms with E-state index in [9.17, 15) is 28.8 Å². The molecule has 4 aromatic rings. The second kappa shape index (κ2) is 41.0. The van der Waals surface area contributed by atoms with Crippen LogP contribution in [0.5, 0.6) is 0 Å². The van der Waals surface area contributed by atoms with Crippen LogP contribution in [-0.2, 0) is 66.5 Å². The van der Waals surface area contributed by atoms with Crippen molar-refractivity contribution in [1.82, 2.24) is 20.4 Å². The molecular formula is C74H97IN4O16. The SMILES string of the molecule is C#Cc1ccc([C@@H](COCCC)OC2CCCCO2)cc1.CCCOC[C@@H](OC1CCCCO1)c1ccc(C#Cc2ccc(C(=O)N(C)[C@](C)(C(=O)COC3CCCCO3)C(=O)NC)cc2)cc1.CNC(=O)[C@@](C)(C(=O)COC1CCCCO1)N(C)C(=O)c1ccc(I)cc1. The fourth-order valence-corrected chi connectivity index (χ4v) is 11.0. The molecule has 21 heteroatoms. The number of nitrogens with one attached hydrogen (secondary N) is 2. The van der Waals surface area contributed by atoms with Gasteiger partial charge in [0.2, 0.25) is 0 Å². The minimum Gasteiger partial charge on any atom is -0.378 e. The van der Waals surface area contributed by atoms with Gasteiger partial charge in [0.15, 0.2) is 47.8 Å². The zero-order valence-electron chi connectivity index (χ0n) is 56.6. The maximum atomic E-state index is 13.5. The van der Waals surface area contributed by atoms with Gasteiger partial charge in [-0.1, -0.05) is 55.9 Å². The van der Waals surface area contributed by atoms with Crippen LogP contribution in [0.2, 0.25) is 0 Å². The number of rotatable bonds is 28. The first kappa shape index (κ1) is 77.6. The Hall–Kier alpha value is -6.45. The van der Waals surface area contributed by atoms with E-state index in [4.69, 9.17) is 53.8 Å². The zero-order chi connectivity index (χ0) is 68.6. The van der Waals surface area contributed by atoms with Crippen LogP contribution in [0, 0.1) is 27.8 Å². The van der Waals surface area contributed by atoms with E-state index >= 15 is 0 Å². The number of hydrogen-bond acceptors (Lipinski definition) is 16. The normalized spacial score (nSPS) is 19.6. The van der Waals surface area contributed by atoms with Gasteiger partial charge < -0.3 is 67.8 Å². The van der Waals surface area contributed by atoms with Crippen LogP contribution in [0.3, 0.4) is 0 Å². The summed E-state index contributed by atoms with van der Waals surface area (Å²) in [7, 11) is 5.75. The molecular weight excluding hydrogens is 1330 g/mol. The lowest BCUT2D eigenvalue weighted by Gasteiger charge is -2.36. The summed E-state index contributed by atoms with van der Waals surface area (Å²) in [6.45, 7) is 11.5. The average Bonchev–Trinajstić information content (AvgIpc) is 1.27. The molecule has 4 aliphatic rings. The van der Waals surface area contributed by atoms with Crippen molar-refractivity contribution in [2.24, 2.45) is 0 Å². The molecule has 4 aliphatic heterocycles. The minimum atomic E-state index is -1.78. The Morgan fingerprint density at radius 2 is 0.863 bits per heavy atom. The summed E-state index contributed by atoms with van der Waals surface area (Å²) >= 11 is 2.14. The van der Waals surface area contributed by atoms with Crippen molar-refractivity contribution in [2.45, 2.75) is 166 Å². The molecule has 0 spiro atoms. The standard InChI is InChI=1S/C37H48N2O8.C19H25IN2O5.C18H24O3/c1-5-22-43-25-31(47-34-11-7-9-24-45-34)29-18-14-27(15-19-29)12-13-28-16-20-30(21-17-28)35(41)39(4)37(2,36(42)38-3)32(40)26-46-33-10-6-8-23-44-33;1-19(18(25)21-2,15(23)12-27-16-6-4-5-11-26-16)22(3)17(24)13-7-9-14(20)10-8-13;1-3-12-19-14-17(21-18-7-5-6-13-20-18)16-10-8-15(4-2)9-11-16/h14-21,31,33-34H,5-11,22-26H2,1-4H3,(H,38,42);7-10,16H,4-6,11-12H2,1-3H3,(H,21,25);2,8-11,17-18H,3,5-7,12-14H2,1H3/t31-,33?,34?,37-;16?,19-;17-,18?/m111/s1. The molecule has 516 valence electrons. The monoisotopic (exact) mass is 1420 g/mol. The first-order chi connectivity index (χ1) is 45.9. The van der Waals surface area contributed by atoms with Crippen LogP contribution in [0.25, 0.3) is 0 Å². The third kappa shape index (κ3) is 23.7. The Morgan fingerprint density at radius 3 is 1.19 bits per heavy atom. The summed E-state index contributed by atoms with van der Waals surface area (Å²) in [4.78, 5) is 80.3. The van der Waals surface area contributed by atoms with Crippen LogP contribution in [0.4, 0.5) is 0 Å². The summed E-state index contributed by atoms with van der Waals surface area (Å²) in [5.41, 5.74) is 1.76. The van der Waals surface area contributed by atoms with E-state index in [1.165, 1.54) is 46.9 Å². The van der Waals surface area contributed by atoms with Gasteiger partial charge in [0.05, 0.1) is 13.2 Å². The van der Waals surface area contributed by atoms with Crippen molar-refractivity contribution in [3.63, 3.8) is 0 Å². The fourth-order valence-electron chi connectivity index (χ4n) is 10.6. The average molecular weight is 1430 g/mol. The number of Topliss-reactive ketones (excluding diaryl/α,β-unsaturated/α-hetero) is 2. The zero-order valence-corrected chi connectivity index (χ0v) is 58.7. The van der Waals surface area contributed by atoms with Crippen LogP contribution in [0.15, 0.2) is 97.1 Å². The number of nitrogens with zero attached hydrogens (tertiary/aromatic N) is 2. The summed E-state index contributed by atoms with van der Waals surface area (Å²) in [5, 5.41) is 4.99. The smallest absolute Gasteiger partial charge is 0.254 e. The van der Waals surface area contributed by atoms with Gasteiger partial charge in [-0.25, -0.2) is 0 Å². The number of amides is 4.